The molecule has 3 rings (SSSR count). The highest BCUT2D eigenvalue weighted by molar-refractivity contribution is 7.80. The van der Waals surface area contributed by atoms with Gasteiger partial charge in [0, 0.05) is 10.7 Å². The maximum atomic E-state index is 5.89. The summed E-state index contributed by atoms with van der Waals surface area (Å²) in [4.78, 5) is 4.21. The van der Waals surface area contributed by atoms with Crippen LogP contribution in [0.2, 0.25) is 5.02 Å². The maximum absolute atomic E-state index is 5.89. The normalized spacial score (nSPS) is 10.4. The Morgan fingerprint density at radius 3 is 2.50 bits per heavy atom. The average Bonchev–Trinajstić information content (AvgIpc) is 2.99. The van der Waals surface area contributed by atoms with Gasteiger partial charge >= 0.3 is 0 Å². The molecule has 5 nitrogen and oxygen atoms in total. The third-order valence-electron chi connectivity index (χ3n) is 3.33. The first-order valence-electron chi connectivity index (χ1n) is 7.37. The molecule has 0 radical (unpaired) electrons. The molecule has 0 aliphatic carbocycles. The predicted molar refractivity (Wildman–Crippen MR) is 102 cm³/mol. The van der Waals surface area contributed by atoms with E-state index in [0.29, 0.717) is 22.6 Å². The molecule has 1 heterocycles. The Balaban J connectivity index is 1.58. The first-order chi connectivity index (χ1) is 11.6. The van der Waals surface area contributed by atoms with Gasteiger partial charge in [0.05, 0.1) is 6.54 Å². The van der Waals surface area contributed by atoms with Crippen molar-refractivity contribution in [3.8, 4) is 0 Å². The zero-order valence-corrected chi connectivity index (χ0v) is 14.6. The molecule has 0 fully saturated rings. The van der Waals surface area contributed by atoms with Crippen molar-refractivity contribution in [2.24, 2.45) is 0 Å². The van der Waals surface area contributed by atoms with Crippen molar-refractivity contribution in [3.63, 3.8) is 0 Å². The molecular formula is C17H16ClN5S. The second-order valence-corrected chi connectivity index (χ2v) is 6.18. The second kappa shape index (κ2) is 7.42. The van der Waals surface area contributed by atoms with Crippen LogP contribution in [0.5, 0.6) is 0 Å². The summed E-state index contributed by atoms with van der Waals surface area (Å²) in [7, 11) is 0. The molecule has 0 aliphatic heterocycles. The van der Waals surface area contributed by atoms with Crippen molar-refractivity contribution in [2.75, 3.05) is 10.6 Å². The molecule has 7 heteroatoms. The minimum Gasteiger partial charge on any atom is -0.332 e. The number of hydrogen-bond acceptors (Lipinski definition) is 3. The third-order valence-corrected chi connectivity index (χ3v) is 3.79. The SMILES string of the molecule is Cc1ccc(NC(=S)Nc2ncn(Cc3ccc(Cl)cc3)n2)cc1. The highest BCUT2D eigenvalue weighted by Crippen LogP contribution is 2.11. The summed E-state index contributed by atoms with van der Waals surface area (Å²) >= 11 is 11.2. The average molecular weight is 358 g/mol. The van der Waals surface area contributed by atoms with Gasteiger partial charge in [0.15, 0.2) is 5.11 Å². The molecule has 0 atom stereocenters. The molecule has 0 unspecified atom stereocenters. The van der Waals surface area contributed by atoms with Gasteiger partial charge in [-0.15, -0.1) is 5.10 Å². The number of halogens is 1. The van der Waals surface area contributed by atoms with Gasteiger partial charge in [0.25, 0.3) is 0 Å². The van der Waals surface area contributed by atoms with Gasteiger partial charge in [-0.25, -0.2) is 9.67 Å². The van der Waals surface area contributed by atoms with Crippen LogP contribution in [0.25, 0.3) is 0 Å². The van der Waals surface area contributed by atoms with Crippen molar-refractivity contribution < 1.29 is 0 Å². The van der Waals surface area contributed by atoms with Gasteiger partial charge < -0.3 is 5.32 Å². The summed E-state index contributed by atoms with van der Waals surface area (Å²) in [6.45, 7) is 2.65. The molecule has 0 saturated heterocycles. The monoisotopic (exact) mass is 357 g/mol. The Kier molecular flexibility index (Phi) is 5.08. The van der Waals surface area contributed by atoms with Crippen LogP contribution in [0.15, 0.2) is 54.9 Å². The van der Waals surface area contributed by atoms with Gasteiger partial charge in [-0.2, -0.15) is 0 Å². The van der Waals surface area contributed by atoms with E-state index >= 15 is 0 Å². The predicted octanol–water partition coefficient (Wildman–Crippen LogP) is 4.10. The van der Waals surface area contributed by atoms with Gasteiger partial charge in [-0.1, -0.05) is 41.4 Å². The first kappa shape index (κ1) is 16.4. The number of nitrogens with one attached hydrogen (secondary N) is 2. The number of aromatic nitrogens is 3. The summed E-state index contributed by atoms with van der Waals surface area (Å²) in [6.07, 6.45) is 1.66. The van der Waals surface area contributed by atoms with E-state index in [1.165, 1.54) is 5.56 Å². The van der Waals surface area contributed by atoms with Gasteiger partial charge in [-0.05, 0) is 49.0 Å². The number of nitrogens with zero attached hydrogens (tertiary/aromatic N) is 3. The Morgan fingerprint density at radius 2 is 1.79 bits per heavy atom. The fourth-order valence-corrected chi connectivity index (χ4v) is 2.44. The standard InChI is InChI=1S/C17H16ClN5S/c1-12-2-8-15(9-3-12)20-17(24)21-16-19-11-23(22-16)10-13-4-6-14(18)7-5-13/h2-9,11H,10H2,1H3,(H2,20,21,22,24). The lowest BCUT2D eigenvalue weighted by Gasteiger charge is -2.08. The van der Waals surface area contributed by atoms with Crippen LogP contribution in [0.4, 0.5) is 11.6 Å². The van der Waals surface area contributed by atoms with E-state index in [9.17, 15) is 0 Å². The van der Waals surface area contributed by atoms with E-state index < -0.39 is 0 Å². The Morgan fingerprint density at radius 1 is 1.08 bits per heavy atom. The van der Waals surface area contributed by atoms with E-state index in [4.69, 9.17) is 23.8 Å². The first-order valence-corrected chi connectivity index (χ1v) is 8.16. The van der Waals surface area contributed by atoms with Crippen molar-refractivity contribution in [3.05, 3.63) is 71.0 Å². The Bertz CT molecular complexity index is 827. The molecule has 2 N–H and O–H groups in total. The molecule has 0 spiro atoms. The zero-order valence-electron chi connectivity index (χ0n) is 13.0. The smallest absolute Gasteiger partial charge is 0.248 e. The quantitative estimate of drug-likeness (QED) is 0.688. The molecular weight excluding hydrogens is 342 g/mol. The summed E-state index contributed by atoms with van der Waals surface area (Å²) in [5.41, 5.74) is 3.21. The van der Waals surface area contributed by atoms with E-state index in [2.05, 4.69) is 20.7 Å². The van der Waals surface area contributed by atoms with Crippen LogP contribution in [0.1, 0.15) is 11.1 Å². The van der Waals surface area contributed by atoms with Crippen LogP contribution in [0.3, 0.4) is 0 Å². The van der Waals surface area contributed by atoms with E-state index in [0.717, 1.165) is 11.3 Å². The summed E-state index contributed by atoms with van der Waals surface area (Å²) in [6, 6.07) is 15.6. The minimum atomic E-state index is 0.447. The van der Waals surface area contributed by atoms with Crippen molar-refractivity contribution >= 4 is 40.6 Å². The van der Waals surface area contributed by atoms with Crippen LogP contribution >= 0.6 is 23.8 Å². The molecule has 1 aromatic heterocycles. The summed E-state index contributed by atoms with van der Waals surface area (Å²) < 4.78 is 1.74. The fourth-order valence-electron chi connectivity index (χ4n) is 2.11. The van der Waals surface area contributed by atoms with Crippen molar-refractivity contribution in [1.29, 1.82) is 0 Å². The molecule has 0 bridgehead atoms. The number of hydrogen-bond donors (Lipinski definition) is 2. The molecule has 0 saturated carbocycles. The topological polar surface area (TPSA) is 54.8 Å². The van der Waals surface area contributed by atoms with E-state index in [-0.39, 0.29) is 0 Å². The van der Waals surface area contributed by atoms with Crippen LogP contribution in [0, 0.1) is 6.92 Å². The molecule has 3 aromatic rings. The lowest BCUT2D eigenvalue weighted by Crippen LogP contribution is -2.20. The van der Waals surface area contributed by atoms with Crippen molar-refractivity contribution in [2.45, 2.75) is 13.5 Å². The number of anilines is 2. The number of thiocarbonyl (C=S) groups is 1. The molecule has 24 heavy (non-hydrogen) atoms. The minimum absolute atomic E-state index is 0.447. The van der Waals surface area contributed by atoms with Gasteiger partial charge in [0.2, 0.25) is 5.95 Å². The van der Waals surface area contributed by atoms with Crippen LogP contribution in [-0.2, 0) is 6.54 Å². The highest BCUT2D eigenvalue weighted by atomic mass is 35.5. The molecule has 0 aliphatic rings. The molecule has 122 valence electrons. The lowest BCUT2D eigenvalue weighted by molar-refractivity contribution is 0.687. The van der Waals surface area contributed by atoms with E-state index in [1.54, 1.807) is 11.0 Å². The number of aryl methyl sites for hydroxylation is 1. The highest BCUT2D eigenvalue weighted by Gasteiger charge is 2.04. The zero-order chi connectivity index (χ0) is 16.9. The maximum Gasteiger partial charge on any atom is 0.248 e. The Hall–Kier alpha value is -2.44. The largest absolute Gasteiger partial charge is 0.332 e. The second-order valence-electron chi connectivity index (χ2n) is 5.34. The summed E-state index contributed by atoms with van der Waals surface area (Å²) in [5, 5.41) is 11.6. The van der Waals surface area contributed by atoms with Crippen molar-refractivity contribution in [1.82, 2.24) is 14.8 Å². The van der Waals surface area contributed by atoms with Crippen LogP contribution in [-0.4, -0.2) is 19.9 Å². The lowest BCUT2D eigenvalue weighted by atomic mass is 10.2. The molecule has 2 aromatic carbocycles. The fraction of sp³-hybridized carbons (Fsp3) is 0.118. The third kappa shape index (κ3) is 4.53. The van der Waals surface area contributed by atoms with Crippen LogP contribution < -0.4 is 10.6 Å². The Labute approximate surface area is 150 Å². The number of benzene rings is 2. The summed E-state index contributed by atoms with van der Waals surface area (Å²) in [5.74, 6) is 0.452. The molecule has 0 amide bonds. The number of rotatable bonds is 4. The van der Waals surface area contributed by atoms with E-state index in [1.807, 2.05) is 55.5 Å². The van der Waals surface area contributed by atoms with Gasteiger partial charge in [-0.3, -0.25) is 5.32 Å². The van der Waals surface area contributed by atoms with Gasteiger partial charge in [0.1, 0.15) is 6.33 Å².